The normalized spacial score (nSPS) is 13.2. The Labute approximate surface area is 124 Å². The fourth-order valence-corrected chi connectivity index (χ4v) is 2.54. The molecule has 112 valence electrons. The Kier molecular flexibility index (Phi) is 3.48. The maximum absolute atomic E-state index is 13.5. The van der Waals surface area contributed by atoms with Crippen molar-refractivity contribution in [2.45, 2.75) is 12.1 Å². The quantitative estimate of drug-likeness (QED) is 0.748. The molecule has 0 aliphatic heterocycles. The van der Waals surface area contributed by atoms with Crippen molar-refractivity contribution >= 4 is 10.9 Å². The molecular formula is C17H12F3NO. The van der Waals surface area contributed by atoms with Crippen LogP contribution in [-0.4, -0.2) is 16.3 Å². The zero-order chi connectivity index (χ0) is 15.7. The summed E-state index contributed by atoms with van der Waals surface area (Å²) in [7, 11) is 0. The molecule has 0 radical (unpaired) electrons. The number of para-hydroxylation sites is 1. The van der Waals surface area contributed by atoms with Gasteiger partial charge < -0.3 is 5.11 Å². The van der Waals surface area contributed by atoms with Crippen molar-refractivity contribution < 1.29 is 18.3 Å². The van der Waals surface area contributed by atoms with Crippen LogP contribution in [0.3, 0.4) is 0 Å². The molecule has 0 spiro atoms. The number of pyridine rings is 1. The molecule has 0 aliphatic rings. The van der Waals surface area contributed by atoms with Crippen LogP contribution in [0.15, 0.2) is 60.8 Å². The van der Waals surface area contributed by atoms with Gasteiger partial charge in [-0.05, 0) is 23.3 Å². The van der Waals surface area contributed by atoms with E-state index in [9.17, 15) is 18.3 Å². The summed E-state index contributed by atoms with van der Waals surface area (Å²) in [6, 6.07) is 13.8. The maximum atomic E-state index is 13.5. The van der Waals surface area contributed by atoms with E-state index in [-0.39, 0.29) is 16.9 Å². The molecule has 0 saturated carbocycles. The van der Waals surface area contributed by atoms with Crippen molar-refractivity contribution in [3.05, 3.63) is 71.9 Å². The van der Waals surface area contributed by atoms with Crippen LogP contribution < -0.4 is 0 Å². The largest absolute Gasteiger partial charge is 0.506 e. The van der Waals surface area contributed by atoms with Gasteiger partial charge in [0.15, 0.2) is 0 Å². The molecule has 3 rings (SSSR count). The lowest BCUT2D eigenvalue weighted by Crippen LogP contribution is -2.22. The lowest BCUT2D eigenvalue weighted by atomic mass is 9.91. The number of aromatic hydroxyl groups is 1. The highest BCUT2D eigenvalue weighted by atomic mass is 19.4. The Morgan fingerprint density at radius 3 is 2.32 bits per heavy atom. The van der Waals surface area contributed by atoms with Gasteiger partial charge in [-0.1, -0.05) is 42.5 Å². The van der Waals surface area contributed by atoms with Crippen LogP contribution in [0, 0.1) is 0 Å². The molecule has 0 aliphatic carbocycles. The zero-order valence-corrected chi connectivity index (χ0v) is 11.4. The minimum Gasteiger partial charge on any atom is -0.506 e. The lowest BCUT2D eigenvalue weighted by Gasteiger charge is -2.21. The molecule has 3 aromatic rings. The van der Waals surface area contributed by atoms with Crippen molar-refractivity contribution in [2.75, 3.05) is 0 Å². The molecule has 1 aromatic heterocycles. The van der Waals surface area contributed by atoms with Gasteiger partial charge in [-0.3, -0.25) is 4.98 Å². The minimum absolute atomic E-state index is 0.0488. The van der Waals surface area contributed by atoms with Crippen LogP contribution in [0.5, 0.6) is 5.75 Å². The van der Waals surface area contributed by atoms with E-state index < -0.39 is 12.1 Å². The molecule has 0 amide bonds. The Balaban J connectivity index is 2.17. The van der Waals surface area contributed by atoms with Crippen LogP contribution >= 0.6 is 0 Å². The van der Waals surface area contributed by atoms with Crippen LogP contribution in [-0.2, 0) is 0 Å². The topological polar surface area (TPSA) is 33.1 Å². The van der Waals surface area contributed by atoms with Gasteiger partial charge in [0.1, 0.15) is 17.2 Å². The summed E-state index contributed by atoms with van der Waals surface area (Å²) in [6.45, 7) is 0. The highest BCUT2D eigenvalue weighted by molar-refractivity contribution is 5.84. The molecule has 2 nitrogen and oxygen atoms in total. The highest BCUT2D eigenvalue weighted by Gasteiger charge is 2.42. The van der Waals surface area contributed by atoms with Crippen molar-refractivity contribution in [1.29, 1.82) is 0 Å². The first-order valence-electron chi connectivity index (χ1n) is 6.66. The van der Waals surface area contributed by atoms with E-state index in [1.165, 1.54) is 30.5 Å². The van der Waals surface area contributed by atoms with Gasteiger partial charge in [0.25, 0.3) is 0 Å². The number of nitrogens with zero attached hydrogens (tertiary/aromatic N) is 1. The Hall–Kier alpha value is -2.56. The van der Waals surface area contributed by atoms with Crippen LogP contribution in [0.4, 0.5) is 13.2 Å². The van der Waals surface area contributed by atoms with Gasteiger partial charge in [-0.25, -0.2) is 0 Å². The molecule has 0 fully saturated rings. The second-order valence-electron chi connectivity index (χ2n) is 5.00. The SMILES string of the molecule is Oc1cccc2cc(C(c3ccccc3)C(F)(F)F)cnc12. The third-order valence-electron chi connectivity index (χ3n) is 3.50. The third-order valence-corrected chi connectivity index (χ3v) is 3.50. The summed E-state index contributed by atoms with van der Waals surface area (Å²) >= 11 is 0. The summed E-state index contributed by atoms with van der Waals surface area (Å²) in [5, 5.41) is 10.2. The number of rotatable bonds is 2. The van der Waals surface area contributed by atoms with Gasteiger partial charge in [0, 0.05) is 11.6 Å². The van der Waals surface area contributed by atoms with E-state index in [1.54, 1.807) is 30.3 Å². The van der Waals surface area contributed by atoms with Crippen LogP contribution in [0.2, 0.25) is 0 Å². The number of alkyl halides is 3. The summed E-state index contributed by atoms with van der Waals surface area (Å²) in [4.78, 5) is 3.99. The minimum atomic E-state index is -4.42. The smallest absolute Gasteiger partial charge is 0.399 e. The molecule has 0 saturated heterocycles. The molecule has 1 N–H and O–H groups in total. The summed E-state index contributed by atoms with van der Waals surface area (Å²) in [5.74, 6) is -1.79. The monoisotopic (exact) mass is 303 g/mol. The molecule has 1 heterocycles. The second kappa shape index (κ2) is 5.33. The second-order valence-corrected chi connectivity index (χ2v) is 5.00. The van der Waals surface area contributed by atoms with Crippen LogP contribution in [0.1, 0.15) is 17.0 Å². The van der Waals surface area contributed by atoms with Crippen molar-refractivity contribution in [1.82, 2.24) is 4.98 Å². The average Bonchev–Trinajstić information content (AvgIpc) is 2.47. The number of fused-ring (bicyclic) bond motifs is 1. The molecule has 2 aromatic carbocycles. The number of halogens is 3. The predicted octanol–water partition coefficient (Wildman–Crippen LogP) is 4.63. The molecule has 5 heteroatoms. The highest BCUT2D eigenvalue weighted by Crippen LogP contribution is 2.40. The third kappa shape index (κ3) is 2.62. The standard InChI is InChI=1S/C17H12F3NO/c18-17(19,20)15(11-5-2-1-3-6-11)13-9-12-7-4-8-14(22)16(12)21-10-13/h1-10,15,22H. The number of hydrogen-bond donors (Lipinski definition) is 1. The maximum Gasteiger partial charge on any atom is 0.399 e. The van der Waals surface area contributed by atoms with E-state index >= 15 is 0 Å². The van der Waals surface area contributed by atoms with E-state index in [0.29, 0.717) is 10.9 Å². The first-order chi connectivity index (χ1) is 10.5. The average molecular weight is 303 g/mol. The van der Waals surface area contributed by atoms with Gasteiger partial charge >= 0.3 is 6.18 Å². The molecule has 1 unspecified atom stereocenters. The summed E-state index contributed by atoms with van der Waals surface area (Å²) in [6.07, 6.45) is -3.25. The van der Waals surface area contributed by atoms with Crippen molar-refractivity contribution in [3.8, 4) is 5.75 Å². The zero-order valence-electron chi connectivity index (χ0n) is 11.4. The van der Waals surface area contributed by atoms with E-state index in [1.807, 2.05) is 0 Å². The van der Waals surface area contributed by atoms with E-state index in [0.717, 1.165) is 0 Å². The first-order valence-corrected chi connectivity index (χ1v) is 6.66. The Bertz CT molecular complexity index is 800. The number of phenols is 1. The first kappa shape index (κ1) is 14.4. The van der Waals surface area contributed by atoms with Gasteiger partial charge in [0.2, 0.25) is 0 Å². The number of hydrogen-bond acceptors (Lipinski definition) is 2. The molecular weight excluding hydrogens is 291 g/mol. The van der Waals surface area contributed by atoms with Gasteiger partial charge in [-0.15, -0.1) is 0 Å². The number of benzene rings is 2. The number of aromatic nitrogens is 1. The van der Waals surface area contributed by atoms with Gasteiger partial charge in [0.05, 0.1) is 0 Å². The van der Waals surface area contributed by atoms with Crippen molar-refractivity contribution in [3.63, 3.8) is 0 Å². The fraction of sp³-hybridized carbons (Fsp3) is 0.118. The fourth-order valence-electron chi connectivity index (χ4n) is 2.54. The summed E-state index contributed by atoms with van der Waals surface area (Å²) in [5.41, 5.74) is 0.508. The van der Waals surface area contributed by atoms with Crippen LogP contribution in [0.25, 0.3) is 10.9 Å². The Morgan fingerprint density at radius 1 is 0.909 bits per heavy atom. The van der Waals surface area contributed by atoms with Gasteiger partial charge in [-0.2, -0.15) is 13.2 Å². The van der Waals surface area contributed by atoms with E-state index in [4.69, 9.17) is 0 Å². The lowest BCUT2D eigenvalue weighted by molar-refractivity contribution is -0.141. The molecule has 22 heavy (non-hydrogen) atoms. The van der Waals surface area contributed by atoms with E-state index in [2.05, 4.69) is 4.98 Å². The predicted molar refractivity (Wildman–Crippen MR) is 77.7 cm³/mol. The molecule has 0 bridgehead atoms. The summed E-state index contributed by atoms with van der Waals surface area (Å²) < 4.78 is 40.5. The Morgan fingerprint density at radius 2 is 1.64 bits per heavy atom. The number of phenolic OH excluding ortho intramolecular Hbond substituents is 1. The van der Waals surface area contributed by atoms with Crippen molar-refractivity contribution in [2.24, 2.45) is 0 Å². The molecule has 1 atom stereocenters.